The highest BCUT2D eigenvalue weighted by atomic mass is 16.7. The quantitative estimate of drug-likeness (QED) is 0.641. The van der Waals surface area contributed by atoms with Gasteiger partial charge in [0.15, 0.2) is 6.29 Å². The Balaban J connectivity index is 2.72. The normalized spacial score (nSPS) is 19.8. The van der Waals surface area contributed by atoms with Gasteiger partial charge in [0.05, 0.1) is 0 Å². The van der Waals surface area contributed by atoms with Crippen LogP contribution >= 0.6 is 0 Å². The average Bonchev–Trinajstić information content (AvgIpc) is 3.16. The van der Waals surface area contributed by atoms with Crippen molar-refractivity contribution in [2.24, 2.45) is 11.7 Å². The van der Waals surface area contributed by atoms with Crippen LogP contribution in [-0.4, -0.2) is 50.1 Å². The second-order valence-corrected chi connectivity index (χ2v) is 6.00. The lowest BCUT2D eigenvalue weighted by Gasteiger charge is -2.44. The van der Waals surface area contributed by atoms with E-state index in [0.717, 1.165) is 18.9 Å². The van der Waals surface area contributed by atoms with E-state index >= 15 is 0 Å². The monoisotopic (exact) mass is 258 g/mol. The summed E-state index contributed by atoms with van der Waals surface area (Å²) < 4.78 is 10.7. The number of nitrogens with zero attached hydrogens (tertiary/aromatic N) is 1. The van der Waals surface area contributed by atoms with Crippen molar-refractivity contribution in [1.29, 1.82) is 0 Å². The molecule has 0 amide bonds. The summed E-state index contributed by atoms with van der Waals surface area (Å²) in [6, 6.07) is 0.494. The molecule has 0 heterocycles. The predicted molar refractivity (Wildman–Crippen MR) is 74.4 cm³/mol. The predicted octanol–water partition coefficient (Wildman–Crippen LogP) is 1.83. The van der Waals surface area contributed by atoms with Gasteiger partial charge in [-0.3, -0.25) is 4.90 Å². The van der Waals surface area contributed by atoms with E-state index in [1.807, 2.05) is 0 Å². The van der Waals surface area contributed by atoms with Gasteiger partial charge in [-0.15, -0.1) is 0 Å². The highest BCUT2D eigenvalue weighted by molar-refractivity contribution is 4.93. The summed E-state index contributed by atoms with van der Waals surface area (Å²) in [6.45, 7) is 8.48. The molecule has 1 saturated carbocycles. The zero-order chi connectivity index (χ0) is 13.8. The van der Waals surface area contributed by atoms with Crippen LogP contribution in [0.5, 0.6) is 0 Å². The van der Waals surface area contributed by atoms with Crippen LogP contribution in [0, 0.1) is 5.92 Å². The summed E-state index contributed by atoms with van der Waals surface area (Å²) in [4.78, 5) is 2.52. The minimum Gasteiger partial charge on any atom is -0.356 e. The first-order chi connectivity index (χ1) is 8.46. The molecule has 0 aromatic rings. The summed E-state index contributed by atoms with van der Waals surface area (Å²) in [5.41, 5.74) is 5.98. The van der Waals surface area contributed by atoms with E-state index in [4.69, 9.17) is 15.2 Å². The summed E-state index contributed by atoms with van der Waals surface area (Å²) in [7, 11) is 3.37. The molecule has 0 radical (unpaired) electrons. The van der Waals surface area contributed by atoms with Gasteiger partial charge in [-0.2, -0.15) is 0 Å². The van der Waals surface area contributed by atoms with Crippen LogP contribution in [0.15, 0.2) is 0 Å². The van der Waals surface area contributed by atoms with Crippen molar-refractivity contribution in [3.05, 3.63) is 0 Å². The molecule has 18 heavy (non-hydrogen) atoms. The maximum Gasteiger partial charge on any atom is 0.158 e. The van der Waals surface area contributed by atoms with Gasteiger partial charge < -0.3 is 15.2 Å². The highest BCUT2D eigenvalue weighted by Crippen LogP contribution is 2.34. The van der Waals surface area contributed by atoms with E-state index in [1.165, 1.54) is 12.8 Å². The Morgan fingerprint density at radius 1 is 1.28 bits per heavy atom. The molecule has 4 heteroatoms. The van der Waals surface area contributed by atoms with Gasteiger partial charge in [-0.05, 0) is 39.5 Å². The first-order valence-corrected chi connectivity index (χ1v) is 6.99. The Kier molecular flexibility index (Phi) is 6.05. The molecule has 1 aliphatic rings. The fourth-order valence-electron chi connectivity index (χ4n) is 2.57. The van der Waals surface area contributed by atoms with Crippen LogP contribution in [0.3, 0.4) is 0 Å². The average molecular weight is 258 g/mol. The second kappa shape index (κ2) is 6.85. The largest absolute Gasteiger partial charge is 0.356 e. The van der Waals surface area contributed by atoms with Crippen LogP contribution in [0.2, 0.25) is 0 Å². The zero-order valence-electron chi connectivity index (χ0n) is 12.6. The summed E-state index contributed by atoms with van der Waals surface area (Å²) in [5, 5.41) is 0. The van der Waals surface area contributed by atoms with Crippen LogP contribution in [0.25, 0.3) is 0 Å². The number of nitrogens with two attached hydrogens (primary N) is 1. The van der Waals surface area contributed by atoms with Crippen molar-refractivity contribution in [2.45, 2.75) is 57.9 Å². The number of hydrogen-bond acceptors (Lipinski definition) is 4. The van der Waals surface area contributed by atoms with E-state index in [9.17, 15) is 0 Å². The molecule has 4 nitrogen and oxygen atoms in total. The summed E-state index contributed by atoms with van der Waals surface area (Å²) in [5.74, 6) is 0.863. The summed E-state index contributed by atoms with van der Waals surface area (Å²) in [6.07, 6.45) is 3.35. The molecule has 0 aromatic carbocycles. The number of hydrogen-bond donors (Lipinski definition) is 1. The van der Waals surface area contributed by atoms with Gasteiger partial charge in [0.2, 0.25) is 0 Å². The third-order valence-electron chi connectivity index (χ3n) is 4.04. The van der Waals surface area contributed by atoms with Gasteiger partial charge in [0.25, 0.3) is 0 Å². The molecule has 1 unspecified atom stereocenters. The minimum absolute atomic E-state index is 0.0621. The van der Waals surface area contributed by atoms with Crippen molar-refractivity contribution in [3.63, 3.8) is 0 Å². The molecule has 0 aliphatic heterocycles. The smallest absolute Gasteiger partial charge is 0.158 e. The van der Waals surface area contributed by atoms with Gasteiger partial charge in [-0.25, -0.2) is 0 Å². The third-order valence-corrected chi connectivity index (χ3v) is 4.04. The van der Waals surface area contributed by atoms with E-state index < -0.39 is 0 Å². The minimum atomic E-state index is -0.181. The fourth-order valence-corrected chi connectivity index (χ4v) is 2.57. The number of ether oxygens (including phenoxy) is 2. The van der Waals surface area contributed by atoms with Crippen LogP contribution in [0.4, 0.5) is 0 Å². The first-order valence-electron chi connectivity index (χ1n) is 6.99. The van der Waals surface area contributed by atoms with Gasteiger partial charge in [0.1, 0.15) is 0 Å². The topological polar surface area (TPSA) is 47.7 Å². The molecule has 1 rings (SSSR count). The Labute approximate surface area is 112 Å². The third kappa shape index (κ3) is 4.19. The Morgan fingerprint density at radius 3 is 2.17 bits per heavy atom. The molecule has 1 fully saturated rings. The van der Waals surface area contributed by atoms with Crippen molar-refractivity contribution in [2.75, 3.05) is 27.3 Å². The lowest BCUT2D eigenvalue weighted by molar-refractivity contribution is -0.131. The van der Waals surface area contributed by atoms with Crippen LogP contribution in [-0.2, 0) is 9.47 Å². The molecular formula is C14H30N2O2. The zero-order valence-corrected chi connectivity index (χ0v) is 12.6. The van der Waals surface area contributed by atoms with Crippen LogP contribution < -0.4 is 5.73 Å². The number of methoxy groups -OCH3 is 2. The van der Waals surface area contributed by atoms with E-state index in [2.05, 4.69) is 25.7 Å². The standard InChI is InChI=1S/C14H30N2O2/c1-11(2)16(9-12-6-7-12)14(3,10-15)8-13(17-4)18-5/h11-13H,6-10,15H2,1-5H3. The molecule has 0 bridgehead atoms. The fraction of sp³-hybridized carbons (Fsp3) is 1.00. The van der Waals surface area contributed by atoms with Gasteiger partial charge >= 0.3 is 0 Å². The van der Waals surface area contributed by atoms with Gasteiger partial charge in [-0.1, -0.05) is 0 Å². The maximum absolute atomic E-state index is 6.05. The van der Waals surface area contributed by atoms with E-state index in [0.29, 0.717) is 12.6 Å². The molecule has 0 aromatic heterocycles. The van der Waals surface area contributed by atoms with Crippen molar-refractivity contribution in [1.82, 2.24) is 4.90 Å². The first kappa shape index (κ1) is 15.9. The Morgan fingerprint density at radius 2 is 1.83 bits per heavy atom. The molecule has 108 valence electrons. The van der Waals surface area contributed by atoms with E-state index in [-0.39, 0.29) is 11.8 Å². The number of rotatable bonds is 9. The van der Waals surface area contributed by atoms with Crippen molar-refractivity contribution >= 4 is 0 Å². The maximum atomic E-state index is 6.05. The Hall–Kier alpha value is -0.160. The molecule has 2 N–H and O–H groups in total. The van der Waals surface area contributed by atoms with Crippen molar-refractivity contribution in [3.8, 4) is 0 Å². The lowest BCUT2D eigenvalue weighted by Crippen LogP contribution is -2.57. The molecular weight excluding hydrogens is 228 g/mol. The van der Waals surface area contributed by atoms with Gasteiger partial charge in [0, 0.05) is 45.3 Å². The second-order valence-electron chi connectivity index (χ2n) is 6.00. The SMILES string of the molecule is COC(CC(C)(CN)N(CC1CC1)C(C)C)OC. The summed E-state index contributed by atoms with van der Waals surface area (Å²) >= 11 is 0. The van der Waals surface area contributed by atoms with Crippen molar-refractivity contribution < 1.29 is 9.47 Å². The Bertz CT molecular complexity index is 240. The van der Waals surface area contributed by atoms with E-state index in [1.54, 1.807) is 14.2 Å². The lowest BCUT2D eigenvalue weighted by atomic mass is 9.92. The molecule has 1 aliphatic carbocycles. The molecule has 0 saturated heterocycles. The highest BCUT2D eigenvalue weighted by Gasteiger charge is 2.38. The van der Waals surface area contributed by atoms with Crippen LogP contribution in [0.1, 0.15) is 40.0 Å². The molecule has 1 atom stereocenters. The molecule has 0 spiro atoms.